The number of aromatic nitrogens is 2. The van der Waals surface area contributed by atoms with Crippen LogP contribution in [0.1, 0.15) is 24.6 Å². The third-order valence-electron chi connectivity index (χ3n) is 2.15. The summed E-state index contributed by atoms with van der Waals surface area (Å²) < 4.78 is 38.7. The van der Waals surface area contributed by atoms with Gasteiger partial charge >= 0.3 is 6.18 Å². The molecule has 92 valence electrons. The van der Waals surface area contributed by atoms with Crippen molar-refractivity contribution in [1.29, 1.82) is 0 Å². The van der Waals surface area contributed by atoms with Gasteiger partial charge in [0.25, 0.3) is 0 Å². The fourth-order valence-corrected chi connectivity index (χ4v) is 1.57. The Labute approximate surface area is 95.8 Å². The van der Waals surface area contributed by atoms with Gasteiger partial charge in [0.05, 0.1) is 6.10 Å². The molecular weight excluding hydrogens is 245 g/mol. The standard InChI is InChI=1S/C9H12ClF3N2O/c1-5(16)3-4-6-7(9(11,12)13)14-15(2)8(6)10/h5,16H,3-4H2,1-2H3/t5-/m1/s1. The Morgan fingerprint density at radius 3 is 2.50 bits per heavy atom. The maximum atomic E-state index is 12.6. The third kappa shape index (κ3) is 2.89. The molecule has 1 aromatic heterocycles. The second-order valence-corrected chi connectivity index (χ2v) is 3.99. The topological polar surface area (TPSA) is 38.1 Å². The van der Waals surface area contributed by atoms with Crippen LogP contribution in [-0.4, -0.2) is 21.0 Å². The summed E-state index contributed by atoms with van der Waals surface area (Å²) in [6.45, 7) is 1.51. The third-order valence-corrected chi connectivity index (χ3v) is 2.62. The Morgan fingerprint density at radius 2 is 2.06 bits per heavy atom. The second-order valence-electron chi connectivity index (χ2n) is 3.63. The predicted molar refractivity (Wildman–Crippen MR) is 53.2 cm³/mol. The lowest BCUT2D eigenvalue weighted by Gasteiger charge is -2.07. The van der Waals surface area contributed by atoms with Gasteiger partial charge in [-0.05, 0) is 19.8 Å². The normalized spacial score (nSPS) is 14.2. The summed E-state index contributed by atoms with van der Waals surface area (Å²) in [6.07, 6.45) is -4.91. The van der Waals surface area contributed by atoms with Gasteiger partial charge in [0.15, 0.2) is 5.69 Å². The Balaban J connectivity index is 3.05. The molecule has 0 spiro atoms. The number of halogens is 4. The van der Waals surface area contributed by atoms with E-state index in [1.54, 1.807) is 0 Å². The van der Waals surface area contributed by atoms with Gasteiger partial charge in [0.2, 0.25) is 0 Å². The number of hydrogen-bond acceptors (Lipinski definition) is 2. The first-order valence-electron chi connectivity index (χ1n) is 4.70. The zero-order valence-corrected chi connectivity index (χ0v) is 9.60. The number of rotatable bonds is 3. The quantitative estimate of drug-likeness (QED) is 0.902. The lowest BCUT2D eigenvalue weighted by molar-refractivity contribution is -0.142. The molecule has 0 unspecified atom stereocenters. The van der Waals surface area contributed by atoms with E-state index in [1.807, 2.05) is 0 Å². The number of aliphatic hydroxyl groups is 1. The van der Waals surface area contributed by atoms with Gasteiger partial charge in [-0.2, -0.15) is 18.3 Å². The minimum Gasteiger partial charge on any atom is -0.393 e. The van der Waals surface area contributed by atoms with Crippen molar-refractivity contribution < 1.29 is 18.3 Å². The molecule has 3 nitrogen and oxygen atoms in total. The Morgan fingerprint density at radius 1 is 1.50 bits per heavy atom. The van der Waals surface area contributed by atoms with Gasteiger partial charge in [0.1, 0.15) is 5.15 Å². The molecule has 0 amide bonds. The van der Waals surface area contributed by atoms with E-state index in [-0.39, 0.29) is 23.6 Å². The zero-order valence-electron chi connectivity index (χ0n) is 8.85. The van der Waals surface area contributed by atoms with Crippen molar-refractivity contribution in [1.82, 2.24) is 9.78 Å². The van der Waals surface area contributed by atoms with E-state index in [0.29, 0.717) is 0 Å². The molecule has 0 aliphatic heterocycles. The van der Waals surface area contributed by atoms with Gasteiger partial charge in [0, 0.05) is 12.6 Å². The zero-order chi connectivity index (χ0) is 12.5. The van der Waals surface area contributed by atoms with Crippen LogP contribution in [0.25, 0.3) is 0 Å². The van der Waals surface area contributed by atoms with Gasteiger partial charge in [-0.25, -0.2) is 0 Å². The average Bonchev–Trinajstić information content (AvgIpc) is 2.40. The Bertz CT molecular complexity index is 374. The van der Waals surface area contributed by atoms with Crippen LogP contribution in [0.15, 0.2) is 0 Å². The molecule has 0 aliphatic rings. The van der Waals surface area contributed by atoms with Crippen molar-refractivity contribution in [2.45, 2.75) is 32.0 Å². The van der Waals surface area contributed by atoms with E-state index in [0.717, 1.165) is 4.68 Å². The first-order valence-corrected chi connectivity index (χ1v) is 5.08. The van der Waals surface area contributed by atoms with Crippen molar-refractivity contribution in [2.75, 3.05) is 0 Å². The van der Waals surface area contributed by atoms with Crippen LogP contribution in [0.4, 0.5) is 13.2 Å². The number of nitrogens with zero attached hydrogens (tertiary/aromatic N) is 2. The highest BCUT2D eigenvalue weighted by molar-refractivity contribution is 6.30. The minimum atomic E-state index is -4.51. The minimum absolute atomic E-state index is 0.0343. The monoisotopic (exact) mass is 256 g/mol. The molecular formula is C9H12ClF3N2O. The molecule has 7 heteroatoms. The summed E-state index contributed by atoms with van der Waals surface area (Å²) in [5.41, 5.74) is -1.03. The number of aliphatic hydroxyl groups excluding tert-OH is 1. The summed E-state index contributed by atoms with van der Waals surface area (Å²) >= 11 is 5.72. The van der Waals surface area contributed by atoms with Crippen LogP contribution < -0.4 is 0 Å². The van der Waals surface area contributed by atoms with Gasteiger partial charge in [-0.1, -0.05) is 11.6 Å². The molecule has 0 saturated carbocycles. The largest absolute Gasteiger partial charge is 0.435 e. The van der Waals surface area contributed by atoms with E-state index < -0.39 is 18.0 Å². The first-order chi connectivity index (χ1) is 7.23. The summed E-state index contributed by atoms with van der Waals surface area (Å²) in [5, 5.41) is 12.4. The van der Waals surface area contributed by atoms with Crippen LogP contribution in [-0.2, 0) is 19.6 Å². The fourth-order valence-electron chi connectivity index (χ4n) is 1.35. The number of hydrogen-bond donors (Lipinski definition) is 1. The van der Waals surface area contributed by atoms with E-state index in [9.17, 15) is 13.2 Å². The maximum absolute atomic E-state index is 12.6. The smallest absolute Gasteiger partial charge is 0.393 e. The maximum Gasteiger partial charge on any atom is 0.435 e. The molecule has 0 aromatic carbocycles. The van der Waals surface area contributed by atoms with Crippen LogP contribution in [0.5, 0.6) is 0 Å². The van der Waals surface area contributed by atoms with Crippen LogP contribution in [0.3, 0.4) is 0 Å². The molecule has 1 atom stereocenters. The second kappa shape index (κ2) is 4.63. The molecule has 1 aromatic rings. The molecule has 1 N–H and O–H groups in total. The van der Waals surface area contributed by atoms with E-state index >= 15 is 0 Å². The lowest BCUT2D eigenvalue weighted by atomic mass is 10.1. The van der Waals surface area contributed by atoms with Gasteiger partial charge < -0.3 is 5.11 Å². The summed E-state index contributed by atoms with van der Waals surface area (Å²) in [4.78, 5) is 0. The lowest BCUT2D eigenvalue weighted by Crippen LogP contribution is -2.11. The first kappa shape index (κ1) is 13.3. The van der Waals surface area contributed by atoms with Crippen LogP contribution >= 0.6 is 11.6 Å². The summed E-state index contributed by atoms with van der Waals surface area (Å²) in [7, 11) is 1.35. The van der Waals surface area contributed by atoms with E-state index in [2.05, 4.69) is 5.10 Å². The highest BCUT2D eigenvalue weighted by Gasteiger charge is 2.38. The van der Waals surface area contributed by atoms with Crippen molar-refractivity contribution in [3.8, 4) is 0 Å². The molecule has 0 saturated heterocycles. The van der Waals surface area contributed by atoms with Crippen molar-refractivity contribution in [3.63, 3.8) is 0 Å². The van der Waals surface area contributed by atoms with Gasteiger partial charge in [-0.3, -0.25) is 4.68 Å². The van der Waals surface area contributed by atoms with Gasteiger partial charge in [-0.15, -0.1) is 0 Å². The molecule has 0 fully saturated rings. The average molecular weight is 257 g/mol. The van der Waals surface area contributed by atoms with Crippen LogP contribution in [0.2, 0.25) is 5.15 Å². The molecule has 16 heavy (non-hydrogen) atoms. The molecule has 0 bridgehead atoms. The summed E-state index contributed by atoms with van der Waals surface area (Å²) in [6, 6.07) is 0. The summed E-state index contributed by atoms with van der Waals surface area (Å²) in [5.74, 6) is 0. The van der Waals surface area contributed by atoms with Crippen molar-refractivity contribution in [3.05, 3.63) is 16.4 Å². The van der Waals surface area contributed by atoms with Crippen molar-refractivity contribution in [2.24, 2.45) is 7.05 Å². The number of alkyl halides is 3. The Hall–Kier alpha value is -0.750. The van der Waals surface area contributed by atoms with E-state index in [4.69, 9.17) is 16.7 Å². The van der Waals surface area contributed by atoms with Crippen LogP contribution in [0, 0.1) is 0 Å². The van der Waals surface area contributed by atoms with Crippen molar-refractivity contribution >= 4 is 11.6 Å². The molecule has 1 heterocycles. The Kier molecular flexibility index (Phi) is 3.85. The van der Waals surface area contributed by atoms with E-state index in [1.165, 1.54) is 14.0 Å². The highest BCUT2D eigenvalue weighted by atomic mass is 35.5. The fraction of sp³-hybridized carbons (Fsp3) is 0.667. The molecule has 0 aliphatic carbocycles. The molecule has 0 radical (unpaired) electrons. The predicted octanol–water partition coefficient (Wildman–Crippen LogP) is 2.41. The SMILES string of the molecule is C[C@@H](O)CCc1c(C(F)(F)F)nn(C)c1Cl. The highest BCUT2D eigenvalue weighted by Crippen LogP contribution is 2.34. The number of aryl methyl sites for hydroxylation is 1. The molecule has 1 rings (SSSR count).